The van der Waals surface area contributed by atoms with Crippen LogP contribution in [0.2, 0.25) is 5.02 Å². The molecule has 2 amide bonds. The van der Waals surface area contributed by atoms with Crippen molar-refractivity contribution in [1.29, 1.82) is 0 Å². The third-order valence-electron chi connectivity index (χ3n) is 8.88. The average molecular weight is 564 g/mol. The minimum Gasteiger partial charge on any atom is -0.380 e. The van der Waals surface area contributed by atoms with Gasteiger partial charge in [0.1, 0.15) is 5.82 Å². The minimum absolute atomic E-state index is 0.0735. The predicted molar refractivity (Wildman–Crippen MR) is 159 cm³/mol. The normalized spacial score (nSPS) is 24.0. The van der Waals surface area contributed by atoms with Gasteiger partial charge in [-0.2, -0.15) is 0 Å². The number of likely N-dealkylation sites (tertiary alicyclic amines) is 1. The first-order valence-corrected chi connectivity index (χ1v) is 14.8. The smallest absolute Gasteiger partial charge is 0.257 e. The largest absolute Gasteiger partial charge is 0.380 e. The van der Waals surface area contributed by atoms with Crippen molar-refractivity contribution in [3.8, 4) is 0 Å². The predicted octanol–water partition coefficient (Wildman–Crippen LogP) is 7.34. The molecule has 2 fully saturated rings. The summed E-state index contributed by atoms with van der Waals surface area (Å²) in [6.07, 6.45) is 13.2. The molecule has 40 heavy (non-hydrogen) atoms. The number of allylic oxidation sites excluding steroid dienone is 2. The molecule has 3 aliphatic rings. The minimum atomic E-state index is -0.528. The van der Waals surface area contributed by atoms with Crippen molar-refractivity contribution >= 4 is 29.1 Å². The maximum absolute atomic E-state index is 14.9. The van der Waals surface area contributed by atoms with Crippen LogP contribution in [-0.4, -0.2) is 34.8 Å². The van der Waals surface area contributed by atoms with Crippen molar-refractivity contribution in [2.75, 3.05) is 11.9 Å². The van der Waals surface area contributed by atoms with Gasteiger partial charge in [0.05, 0.1) is 17.5 Å². The van der Waals surface area contributed by atoms with Crippen LogP contribution in [0.4, 0.5) is 10.1 Å². The number of hydrogen-bond donors (Lipinski definition) is 2. The van der Waals surface area contributed by atoms with E-state index in [4.69, 9.17) is 11.6 Å². The highest BCUT2D eigenvalue weighted by molar-refractivity contribution is 6.31. The number of hydrogen-bond acceptors (Lipinski definition) is 3. The van der Waals surface area contributed by atoms with E-state index in [0.717, 1.165) is 24.1 Å². The van der Waals surface area contributed by atoms with Crippen molar-refractivity contribution in [2.24, 2.45) is 11.8 Å². The fourth-order valence-corrected chi connectivity index (χ4v) is 6.82. The molecule has 1 unspecified atom stereocenters. The molecule has 1 aliphatic heterocycles. The number of halogens is 2. The molecule has 3 atom stereocenters. The number of carbonyl (C=O) groups is 2. The van der Waals surface area contributed by atoms with E-state index in [1.54, 1.807) is 30.0 Å². The number of nitrogens with one attached hydrogen (secondary N) is 2. The summed E-state index contributed by atoms with van der Waals surface area (Å²) in [6.45, 7) is 6.43. The molecule has 2 aromatic carbocycles. The van der Waals surface area contributed by atoms with Gasteiger partial charge in [-0.15, -0.1) is 0 Å². The van der Waals surface area contributed by atoms with Crippen LogP contribution in [0, 0.1) is 31.5 Å². The van der Waals surface area contributed by atoms with Gasteiger partial charge in [0.25, 0.3) is 5.91 Å². The molecule has 0 bridgehead atoms. The van der Waals surface area contributed by atoms with E-state index in [1.165, 1.54) is 18.9 Å². The molecule has 2 aromatic rings. The lowest BCUT2D eigenvalue weighted by atomic mass is 9.77. The Balaban J connectivity index is 1.43. The fraction of sp³-hybridized carbons (Fsp3) is 0.455. The zero-order valence-corrected chi connectivity index (χ0v) is 24.4. The maximum Gasteiger partial charge on any atom is 0.257 e. The lowest BCUT2D eigenvalue weighted by Gasteiger charge is -2.44. The lowest BCUT2D eigenvalue weighted by Crippen LogP contribution is -2.55. The Hall–Kier alpha value is -3.12. The third kappa shape index (κ3) is 5.97. The van der Waals surface area contributed by atoms with Crippen molar-refractivity contribution in [1.82, 2.24) is 10.2 Å². The monoisotopic (exact) mass is 563 g/mol. The lowest BCUT2D eigenvalue weighted by molar-refractivity contribution is -0.123. The molecule has 0 radical (unpaired) electrons. The van der Waals surface area contributed by atoms with Crippen LogP contribution >= 0.6 is 11.6 Å². The van der Waals surface area contributed by atoms with E-state index < -0.39 is 17.8 Å². The van der Waals surface area contributed by atoms with Gasteiger partial charge < -0.3 is 15.5 Å². The Morgan fingerprint density at radius 1 is 1.07 bits per heavy atom. The summed E-state index contributed by atoms with van der Waals surface area (Å²) in [4.78, 5) is 29.4. The van der Waals surface area contributed by atoms with Crippen molar-refractivity contribution in [2.45, 2.75) is 77.3 Å². The molecular formula is C33H39ClFN3O2. The van der Waals surface area contributed by atoms with Crippen LogP contribution < -0.4 is 10.6 Å². The Kier molecular flexibility index (Phi) is 8.37. The van der Waals surface area contributed by atoms with Gasteiger partial charge >= 0.3 is 0 Å². The summed E-state index contributed by atoms with van der Waals surface area (Å²) in [5.41, 5.74) is 3.45. The highest BCUT2D eigenvalue weighted by Gasteiger charge is 2.43. The van der Waals surface area contributed by atoms with Gasteiger partial charge in [-0.3, -0.25) is 9.59 Å². The number of amides is 2. The van der Waals surface area contributed by atoms with Crippen LogP contribution in [0.15, 0.2) is 60.3 Å². The van der Waals surface area contributed by atoms with E-state index in [0.29, 0.717) is 42.1 Å². The number of piperidine rings is 1. The number of aryl methyl sites for hydroxylation is 2. The Morgan fingerprint density at radius 2 is 1.85 bits per heavy atom. The third-order valence-corrected chi connectivity index (χ3v) is 9.29. The average Bonchev–Trinajstić information content (AvgIpc) is 3.36. The van der Waals surface area contributed by atoms with Gasteiger partial charge in [0.15, 0.2) is 0 Å². The number of anilines is 1. The van der Waals surface area contributed by atoms with Gasteiger partial charge in [-0.05, 0) is 88.3 Å². The summed E-state index contributed by atoms with van der Waals surface area (Å²) in [7, 11) is 0. The summed E-state index contributed by atoms with van der Waals surface area (Å²) in [5.74, 6) is -1.55. The van der Waals surface area contributed by atoms with E-state index in [9.17, 15) is 14.0 Å². The van der Waals surface area contributed by atoms with E-state index in [1.807, 2.05) is 19.1 Å². The number of benzene rings is 2. The van der Waals surface area contributed by atoms with Crippen LogP contribution in [0.5, 0.6) is 0 Å². The summed E-state index contributed by atoms with van der Waals surface area (Å²) < 4.78 is 14.9. The number of nitrogens with zero attached hydrogens (tertiary/aromatic N) is 1. The highest BCUT2D eigenvalue weighted by Crippen LogP contribution is 2.37. The van der Waals surface area contributed by atoms with E-state index >= 15 is 0 Å². The second-order valence-corrected chi connectivity index (χ2v) is 12.3. The Morgan fingerprint density at radius 3 is 2.52 bits per heavy atom. The topological polar surface area (TPSA) is 61.4 Å². The molecule has 0 spiro atoms. The molecule has 1 saturated carbocycles. The quantitative estimate of drug-likeness (QED) is 0.386. The second kappa shape index (κ2) is 11.8. The SMILES string of the molecule is Cc1ccc(NC(=O)[C@H]2CCCN(C(=O)c3c(C)cccc3F)[C@H]2C2C=CC(NC3(C)CCCC3)=CC2)cc1Cl. The summed E-state index contributed by atoms with van der Waals surface area (Å²) >= 11 is 6.32. The summed E-state index contributed by atoms with van der Waals surface area (Å²) in [5, 5.41) is 7.35. The maximum atomic E-state index is 14.9. The Bertz CT molecular complexity index is 1330. The zero-order valence-electron chi connectivity index (χ0n) is 23.6. The van der Waals surface area contributed by atoms with Gasteiger partial charge in [0.2, 0.25) is 5.91 Å². The second-order valence-electron chi connectivity index (χ2n) is 11.9. The van der Waals surface area contributed by atoms with Gasteiger partial charge in [-0.1, -0.05) is 54.8 Å². The van der Waals surface area contributed by atoms with Crippen molar-refractivity contribution in [3.05, 3.63) is 87.9 Å². The molecular weight excluding hydrogens is 525 g/mol. The van der Waals surface area contributed by atoms with Crippen molar-refractivity contribution < 1.29 is 14.0 Å². The molecule has 212 valence electrons. The Labute approximate surface area is 241 Å². The standard InChI is InChI=1S/C33H39ClFN3O2/c1-21-11-14-25(20-27(21)34)36-31(39)26-9-7-19-38(32(40)29-22(2)8-6-10-28(29)35)30(26)23-12-15-24(16-13-23)37-33(3)17-4-5-18-33/h6,8,10-12,14-16,20,23,26,30,37H,4-5,7,9,13,17-19H2,1-3H3,(H,36,39)/t23?,26-,30-/m0/s1. The molecule has 7 heteroatoms. The van der Waals surface area contributed by atoms with Crippen LogP contribution in [0.1, 0.15) is 73.4 Å². The van der Waals surface area contributed by atoms with Gasteiger partial charge in [-0.25, -0.2) is 4.39 Å². The number of rotatable bonds is 6. The number of carbonyl (C=O) groups excluding carboxylic acids is 2. The molecule has 1 heterocycles. The molecule has 0 aromatic heterocycles. The van der Waals surface area contributed by atoms with Gasteiger partial charge in [0, 0.05) is 34.4 Å². The molecule has 2 aliphatic carbocycles. The van der Waals surface area contributed by atoms with Crippen LogP contribution in [0.25, 0.3) is 0 Å². The molecule has 5 rings (SSSR count). The molecule has 2 N–H and O–H groups in total. The van der Waals surface area contributed by atoms with Crippen LogP contribution in [0.3, 0.4) is 0 Å². The molecule has 1 saturated heterocycles. The van der Waals surface area contributed by atoms with E-state index in [2.05, 4.69) is 35.8 Å². The first-order valence-electron chi connectivity index (χ1n) is 14.4. The summed E-state index contributed by atoms with van der Waals surface area (Å²) in [6, 6.07) is 9.77. The molecule has 5 nitrogen and oxygen atoms in total. The van der Waals surface area contributed by atoms with E-state index in [-0.39, 0.29) is 28.8 Å². The fourth-order valence-electron chi connectivity index (χ4n) is 6.63. The first kappa shape index (κ1) is 28.4. The first-order chi connectivity index (χ1) is 19.1. The zero-order chi connectivity index (χ0) is 28.4. The van der Waals surface area contributed by atoms with Crippen molar-refractivity contribution in [3.63, 3.8) is 0 Å². The highest BCUT2D eigenvalue weighted by atomic mass is 35.5. The van der Waals surface area contributed by atoms with Crippen LogP contribution in [-0.2, 0) is 4.79 Å².